The Labute approximate surface area is 123 Å². The summed E-state index contributed by atoms with van der Waals surface area (Å²) in [5, 5.41) is 9.46. The monoisotopic (exact) mass is 311 g/mol. The van der Waals surface area contributed by atoms with Crippen molar-refractivity contribution in [3.05, 3.63) is 29.6 Å². The molecule has 0 spiro atoms. The molecule has 8 nitrogen and oxygen atoms in total. The van der Waals surface area contributed by atoms with E-state index in [9.17, 15) is 8.42 Å². The van der Waals surface area contributed by atoms with Crippen molar-refractivity contribution in [2.75, 3.05) is 18.9 Å². The van der Waals surface area contributed by atoms with Crippen LogP contribution in [0.5, 0.6) is 5.88 Å². The summed E-state index contributed by atoms with van der Waals surface area (Å²) in [6, 6.07) is 3.14. The number of aryl methyl sites for hydroxylation is 1. The van der Waals surface area contributed by atoms with Crippen molar-refractivity contribution < 1.29 is 13.2 Å². The molecule has 2 rings (SSSR count). The summed E-state index contributed by atoms with van der Waals surface area (Å²) in [4.78, 5) is 3.95. The predicted molar refractivity (Wildman–Crippen MR) is 77.7 cm³/mol. The lowest BCUT2D eigenvalue weighted by atomic mass is 10.3. The number of H-pyrrole nitrogens is 1. The van der Waals surface area contributed by atoms with Gasteiger partial charge in [-0.1, -0.05) is 0 Å². The SMILES string of the molecule is CNCc1c(S(=O)(=O)Nc2ccc(OC)nc2)n[nH]c1C. The van der Waals surface area contributed by atoms with E-state index in [1.807, 2.05) is 0 Å². The van der Waals surface area contributed by atoms with Crippen LogP contribution >= 0.6 is 0 Å². The van der Waals surface area contributed by atoms with E-state index in [0.29, 0.717) is 29.4 Å². The normalized spacial score (nSPS) is 11.4. The third-order valence-electron chi connectivity index (χ3n) is 2.84. The summed E-state index contributed by atoms with van der Waals surface area (Å²) in [6.07, 6.45) is 1.38. The van der Waals surface area contributed by atoms with Crippen molar-refractivity contribution >= 4 is 15.7 Å². The van der Waals surface area contributed by atoms with E-state index >= 15 is 0 Å². The number of hydrogen-bond acceptors (Lipinski definition) is 6. The second kappa shape index (κ2) is 6.10. The van der Waals surface area contributed by atoms with Gasteiger partial charge in [0.15, 0.2) is 0 Å². The number of nitrogens with zero attached hydrogens (tertiary/aromatic N) is 2. The van der Waals surface area contributed by atoms with Crippen LogP contribution in [0, 0.1) is 6.92 Å². The number of sulfonamides is 1. The molecule has 0 saturated heterocycles. The lowest BCUT2D eigenvalue weighted by Crippen LogP contribution is -2.17. The van der Waals surface area contributed by atoms with Gasteiger partial charge >= 0.3 is 0 Å². The largest absolute Gasteiger partial charge is 0.481 e. The Morgan fingerprint density at radius 2 is 2.14 bits per heavy atom. The zero-order chi connectivity index (χ0) is 15.5. The van der Waals surface area contributed by atoms with Gasteiger partial charge in [-0.25, -0.2) is 4.98 Å². The maximum atomic E-state index is 12.4. The Hall–Kier alpha value is -2.13. The van der Waals surface area contributed by atoms with Crippen molar-refractivity contribution in [2.45, 2.75) is 18.5 Å². The molecule has 0 atom stereocenters. The first-order valence-corrected chi connectivity index (χ1v) is 7.67. The van der Waals surface area contributed by atoms with E-state index in [2.05, 4.69) is 25.2 Å². The molecule has 0 amide bonds. The quantitative estimate of drug-likeness (QED) is 0.722. The van der Waals surface area contributed by atoms with Gasteiger partial charge in [0.1, 0.15) is 0 Å². The molecule has 0 aliphatic rings. The van der Waals surface area contributed by atoms with Crippen LogP contribution in [0.2, 0.25) is 0 Å². The fourth-order valence-corrected chi connectivity index (χ4v) is 3.05. The predicted octanol–water partition coefficient (Wildman–Crippen LogP) is 0.642. The Morgan fingerprint density at radius 1 is 1.38 bits per heavy atom. The average molecular weight is 311 g/mol. The molecule has 2 aromatic rings. The third kappa shape index (κ3) is 3.31. The minimum absolute atomic E-state index is 0.0230. The molecular weight excluding hydrogens is 294 g/mol. The number of aromatic nitrogens is 3. The van der Waals surface area contributed by atoms with Crippen LogP contribution in [0.15, 0.2) is 23.4 Å². The summed E-state index contributed by atoms with van der Waals surface area (Å²) >= 11 is 0. The van der Waals surface area contributed by atoms with Crippen molar-refractivity contribution in [1.82, 2.24) is 20.5 Å². The van der Waals surface area contributed by atoms with Gasteiger partial charge in [-0.05, 0) is 20.0 Å². The number of anilines is 1. The van der Waals surface area contributed by atoms with Crippen LogP contribution in [0.1, 0.15) is 11.3 Å². The van der Waals surface area contributed by atoms with E-state index in [1.165, 1.54) is 13.3 Å². The Balaban J connectivity index is 2.29. The van der Waals surface area contributed by atoms with Gasteiger partial charge in [0.05, 0.1) is 19.0 Å². The standard InChI is InChI=1S/C12H17N5O3S/c1-8-10(7-13-2)12(16-15-8)21(18,19)17-9-4-5-11(20-3)14-6-9/h4-6,13,17H,7H2,1-3H3,(H,15,16). The number of methoxy groups -OCH3 is 1. The number of hydrogen-bond donors (Lipinski definition) is 3. The molecule has 9 heteroatoms. The molecule has 0 aliphatic heterocycles. The van der Waals surface area contributed by atoms with E-state index in [0.717, 1.165) is 0 Å². The summed E-state index contributed by atoms with van der Waals surface area (Å²) in [7, 11) is -0.550. The van der Waals surface area contributed by atoms with Crippen LogP contribution < -0.4 is 14.8 Å². The minimum atomic E-state index is -3.78. The van der Waals surface area contributed by atoms with Crippen LogP contribution in [0.4, 0.5) is 5.69 Å². The average Bonchev–Trinajstić information content (AvgIpc) is 2.82. The lowest BCUT2D eigenvalue weighted by molar-refractivity contribution is 0.398. The van der Waals surface area contributed by atoms with Gasteiger partial charge in [0.25, 0.3) is 10.0 Å². The first kappa shape index (κ1) is 15.3. The van der Waals surface area contributed by atoms with E-state index < -0.39 is 10.0 Å². The second-order valence-electron chi connectivity index (χ2n) is 4.36. The highest BCUT2D eigenvalue weighted by atomic mass is 32.2. The highest BCUT2D eigenvalue weighted by Crippen LogP contribution is 2.20. The zero-order valence-corrected chi connectivity index (χ0v) is 12.8. The van der Waals surface area contributed by atoms with Crippen molar-refractivity contribution in [3.63, 3.8) is 0 Å². The van der Waals surface area contributed by atoms with E-state index in [4.69, 9.17) is 4.74 Å². The van der Waals surface area contributed by atoms with Crippen molar-refractivity contribution in [3.8, 4) is 5.88 Å². The maximum absolute atomic E-state index is 12.4. The van der Waals surface area contributed by atoms with Crippen LogP contribution in [0.25, 0.3) is 0 Å². The molecular formula is C12H17N5O3S. The summed E-state index contributed by atoms with van der Waals surface area (Å²) in [6.45, 7) is 2.17. The molecule has 3 N–H and O–H groups in total. The van der Waals surface area contributed by atoms with Crippen LogP contribution in [-0.2, 0) is 16.6 Å². The zero-order valence-electron chi connectivity index (χ0n) is 12.0. The number of pyridine rings is 1. The molecule has 0 saturated carbocycles. The van der Waals surface area contributed by atoms with Gasteiger partial charge in [0, 0.05) is 23.9 Å². The number of nitrogens with one attached hydrogen (secondary N) is 3. The molecule has 114 valence electrons. The summed E-state index contributed by atoms with van der Waals surface area (Å²) < 4.78 is 32.1. The van der Waals surface area contributed by atoms with Crippen LogP contribution in [-0.4, -0.2) is 37.8 Å². The molecule has 0 unspecified atom stereocenters. The van der Waals surface area contributed by atoms with Crippen LogP contribution in [0.3, 0.4) is 0 Å². The van der Waals surface area contributed by atoms with Gasteiger partial charge in [-0.15, -0.1) is 0 Å². The van der Waals surface area contributed by atoms with Gasteiger partial charge in [0.2, 0.25) is 10.9 Å². The molecule has 0 aromatic carbocycles. The number of ether oxygens (including phenoxy) is 1. The molecule has 0 radical (unpaired) electrons. The maximum Gasteiger partial charge on any atom is 0.281 e. The van der Waals surface area contributed by atoms with Gasteiger partial charge < -0.3 is 10.1 Å². The third-order valence-corrected chi connectivity index (χ3v) is 4.19. The topological polar surface area (TPSA) is 109 Å². The Morgan fingerprint density at radius 3 is 2.71 bits per heavy atom. The highest BCUT2D eigenvalue weighted by molar-refractivity contribution is 7.92. The van der Waals surface area contributed by atoms with Gasteiger partial charge in [-0.2, -0.15) is 13.5 Å². The highest BCUT2D eigenvalue weighted by Gasteiger charge is 2.23. The van der Waals surface area contributed by atoms with Gasteiger partial charge in [-0.3, -0.25) is 9.82 Å². The fraction of sp³-hybridized carbons (Fsp3) is 0.333. The summed E-state index contributed by atoms with van der Waals surface area (Å²) in [5.74, 6) is 0.407. The fourth-order valence-electron chi connectivity index (χ4n) is 1.80. The first-order valence-electron chi connectivity index (χ1n) is 6.19. The molecule has 0 bridgehead atoms. The smallest absolute Gasteiger partial charge is 0.281 e. The summed E-state index contributed by atoms with van der Waals surface area (Å²) in [5.41, 5.74) is 1.65. The number of rotatable bonds is 6. The molecule has 21 heavy (non-hydrogen) atoms. The molecule has 2 aromatic heterocycles. The minimum Gasteiger partial charge on any atom is -0.481 e. The second-order valence-corrected chi connectivity index (χ2v) is 5.96. The lowest BCUT2D eigenvalue weighted by Gasteiger charge is -2.08. The van der Waals surface area contributed by atoms with Crippen molar-refractivity contribution in [2.24, 2.45) is 0 Å². The van der Waals surface area contributed by atoms with E-state index in [-0.39, 0.29) is 5.03 Å². The molecule has 0 aliphatic carbocycles. The molecule has 2 heterocycles. The molecule has 0 fully saturated rings. The van der Waals surface area contributed by atoms with E-state index in [1.54, 1.807) is 26.1 Å². The Kier molecular flexibility index (Phi) is 4.43. The number of aromatic amines is 1. The Bertz CT molecular complexity index is 709. The van der Waals surface area contributed by atoms with Crippen molar-refractivity contribution in [1.29, 1.82) is 0 Å². The first-order chi connectivity index (χ1) is 9.97.